The van der Waals surface area contributed by atoms with Crippen LogP contribution in [0, 0.1) is 0 Å². The number of phenolic OH excluding ortho intramolecular Hbond substituents is 1. The van der Waals surface area contributed by atoms with Crippen LogP contribution < -0.4 is 15.2 Å². The van der Waals surface area contributed by atoms with Gasteiger partial charge in [0.05, 0.1) is 13.7 Å². The third kappa shape index (κ3) is 2.81. The van der Waals surface area contributed by atoms with Gasteiger partial charge in [-0.2, -0.15) is 0 Å². The number of nitrogens with two attached hydrogens (primary N) is 1. The van der Waals surface area contributed by atoms with Crippen molar-refractivity contribution in [2.75, 3.05) is 20.3 Å². The minimum Gasteiger partial charge on any atom is -0.504 e. The Morgan fingerprint density at radius 3 is 2.79 bits per heavy atom. The van der Waals surface area contributed by atoms with Gasteiger partial charge in [0.25, 0.3) is 0 Å². The number of ether oxygens (including phenoxy) is 2. The second-order valence-corrected chi connectivity index (χ2v) is 2.82. The van der Waals surface area contributed by atoms with Crippen LogP contribution in [-0.2, 0) is 0 Å². The molecule has 1 aromatic carbocycles. The van der Waals surface area contributed by atoms with Crippen molar-refractivity contribution in [3.63, 3.8) is 0 Å². The molecule has 0 saturated carbocycles. The summed E-state index contributed by atoms with van der Waals surface area (Å²) in [6.07, 6.45) is 0.798. The first-order chi connectivity index (χ1) is 6.77. The van der Waals surface area contributed by atoms with Crippen molar-refractivity contribution in [1.82, 2.24) is 0 Å². The van der Waals surface area contributed by atoms with E-state index in [1.807, 2.05) is 0 Å². The standard InChI is InChI=1S/C10H15NO3/c1-13-10-4-3-8(7-9(10)12)14-6-2-5-11/h3-4,7,12H,2,5-6,11H2,1H3. The molecule has 14 heavy (non-hydrogen) atoms. The summed E-state index contributed by atoms with van der Waals surface area (Å²) in [6, 6.07) is 4.93. The van der Waals surface area contributed by atoms with Gasteiger partial charge in [0.1, 0.15) is 5.75 Å². The van der Waals surface area contributed by atoms with Gasteiger partial charge in [-0.3, -0.25) is 0 Å². The van der Waals surface area contributed by atoms with E-state index in [1.165, 1.54) is 13.2 Å². The van der Waals surface area contributed by atoms with Gasteiger partial charge in [-0.1, -0.05) is 0 Å². The van der Waals surface area contributed by atoms with Gasteiger partial charge >= 0.3 is 0 Å². The third-order valence-electron chi connectivity index (χ3n) is 1.77. The van der Waals surface area contributed by atoms with Crippen molar-refractivity contribution in [3.8, 4) is 17.2 Å². The Morgan fingerprint density at radius 2 is 2.21 bits per heavy atom. The maximum absolute atomic E-state index is 9.42. The Hall–Kier alpha value is -1.42. The van der Waals surface area contributed by atoms with E-state index in [0.717, 1.165) is 6.42 Å². The zero-order valence-electron chi connectivity index (χ0n) is 8.19. The van der Waals surface area contributed by atoms with E-state index in [4.69, 9.17) is 15.2 Å². The number of phenols is 1. The van der Waals surface area contributed by atoms with Crippen LogP contribution in [0.4, 0.5) is 0 Å². The van der Waals surface area contributed by atoms with Crippen LogP contribution in [0.15, 0.2) is 18.2 Å². The third-order valence-corrected chi connectivity index (χ3v) is 1.77. The minimum absolute atomic E-state index is 0.0812. The Labute approximate surface area is 83.3 Å². The van der Waals surface area contributed by atoms with Crippen LogP contribution >= 0.6 is 0 Å². The van der Waals surface area contributed by atoms with Crippen molar-refractivity contribution in [2.24, 2.45) is 5.73 Å². The lowest BCUT2D eigenvalue weighted by Gasteiger charge is -2.07. The molecule has 78 valence electrons. The van der Waals surface area contributed by atoms with Crippen molar-refractivity contribution < 1.29 is 14.6 Å². The summed E-state index contributed by atoms with van der Waals surface area (Å²) in [4.78, 5) is 0. The van der Waals surface area contributed by atoms with Crippen LogP contribution in [0.1, 0.15) is 6.42 Å². The fourth-order valence-electron chi connectivity index (χ4n) is 1.03. The lowest BCUT2D eigenvalue weighted by molar-refractivity contribution is 0.309. The minimum atomic E-state index is 0.0812. The average molecular weight is 197 g/mol. The monoisotopic (exact) mass is 197 g/mol. The highest BCUT2D eigenvalue weighted by Gasteiger charge is 2.02. The first-order valence-electron chi connectivity index (χ1n) is 4.48. The highest BCUT2D eigenvalue weighted by Crippen LogP contribution is 2.29. The van der Waals surface area contributed by atoms with Gasteiger partial charge in [0, 0.05) is 6.07 Å². The number of rotatable bonds is 5. The summed E-state index contributed by atoms with van der Waals surface area (Å²) < 4.78 is 10.2. The molecule has 0 heterocycles. The lowest BCUT2D eigenvalue weighted by atomic mass is 10.3. The second-order valence-electron chi connectivity index (χ2n) is 2.82. The summed E-state index contributed by atoms with van der Waals surface area (Å²) >= 11 is 0. The van der Waals surface area contributed by atoms with Gasteiger partial charge in [0.15, 0.2) is 11.5 Å². The average Bonchev–Trinajstić information content (AvgIpc) is 2.18. The Morgan fingerprint density at radius 1 is 1.43 bits per heavy atom. The van der Waals surface area contributed by atoms with E-state index >= 15 is 0 Å². The van der Waals surface area contributed by atoms with Crippen LogP contribution in [0.5, 0.6) is 17.2 Å². The van der Waals surface area contributed by atoms with E-state index in [2.05, 4.69) is 0 Å². The van der Waals surface area contributed by atoms with Crippen LogP contribution in [0.2, 0.25) is 0 Å². The van der Waals surface area contributed by atoms with Crippen molar-refractivity contribution >= 4 is 0 Å². The maximum atomic E-state index is 9.42. The molecule has 4 heteroatoms. The predicted octanol–water partition coefficient (Wildman–Crippen LogP) is 1.13. The summed E-state index contributed by atoms with van der Waals surface area (Å²) in [6.45, 7) is 1.16. The van der Waals surface area contributed by atoms with Gasteiger partial charge in [0.2, 0.25) is 0 Å². The largest absolute Gasteiger partial charge is 0.504 e. The quantitative estimate of drug-likeness (QED) is 0.694. The molecule has 0 aromatic heterocycles. The molecule has 0 atom stereocenters. The number of benzene rings is 1. The highest BCUT2D eigenvalue weighted by molar-refractivity contribution is 5.44. The van der Waals surface area contributed by atoms with E-state index < -0.39 is 0 Å². The number of hydrogen-bond donors (Lipinski definition) is 2. The molecular formula is C10H15NO3. The fourth-order valence-corrected chi connectivity index (χ4v) is 1.03. The predicted molar refractivity (Wildman–Crippen MR) is 53.8 cm³/mol. The molecule has 0 aliphatic carbocycles. The number of aromatic hydroxyl groups is 1. The molecule has 3 N–H and O–H groups in total. The Balaban J connectivity index is 2.57. The topological polar surface area (TPSA) is 64.7 Å². The Bertz CT molecular complexity index is 289. The zero-order valence-corrected chi connectivity index (χ0v) is 8.19. The van der Waals surface area contributed by atoms with Gasteiger partial charge in [-0.25, -0.2) is 0 Å². The Kier molecular flexibility index (Phi) is 4.07. The zero-order chi connectivity index (χ0) is 10.4. The normalized spacial score (nSPS) is 9.86. The van der Waals surface area contributed by atoms with Crippen molar-refractivity contribution in [3.05, 3.63) is 18.2 Å². The number of hydrogen-bond acceptors (Lipinski definition) is 4. The molecular weight excluding hydrogens is 182 g/mol. The first kappa shape index (κ1) is 10.7. The second kappa shape index (κ2) is 5.34. The maximum Gasteiger partial charge on any atom is 0.161 e. The summed E-state index contributed by atoms with van der Waals surface area (Å²) in [5.74, 6) is 1.14. The van der Waals surface area contributed by atoms with Gasteiger partial charge in [-0.05, 0) is 25.1 Å². The van der Waals surface area contributed by atoms with E-state index in [9.17, 15) is 5.11 Å². The van der Waals surface area contributed by atoms with E-state index in [-0.39, 0.29) is 5.75 Å². The lowest BCUT2D eigenvalue weighted by Crippen LogP contribution is -2.05. The molecule has 0 unspecified atom stereocenters. The smallest absolute Gasteiger partial charge is 0.161 e. The molecule has 4 nitrogen and oxygen atoms in total. The summed E-state index contributed by atoms with van der Waals surface area (Å²) in [5.41, 5.74) is 5.32. The molecule has 0 aliphatic rings. The molecule has 0 radical (unpaired) electrons. The number of methoxy groups -OCH3 is 1. The van der Waals surface area contributed by atoms with E-state index in [1.54, 1.807) is 12.1 Å². The van der Waals surface area contributed by atoms with Crippen molar-refractivity contribution in [2.45, 2.75) is 6.42 Å². The molecule has 0 amide bonds. The van der Waals surface area contributed by atoms with Gasteiger partial charge < -0.3 is 20.3 Å². The van der Waals surface area contributed by atoms with E-state index in [0.29, 0.717) is 24.7 Å². The fraction of sp³-hybridized carbons (Fsp3) is 0.400. The molecule has 1 rings (SSSR count). The van der Waals surface area contributed by atoms with Crippen molar-refractivity contribution in [1.29, 1.82) is 0 Å². The van der Waals surface area contributed by atoms with Crippen LogP contribution in [0.25, 0.3) is 0 Å². The van der Waals surface area contributed by atoms with Crippen LogP contribution in [-0.4, -0.2) is 25.4 Å². The summed E-state index contributed by atoms with van der Waals surface area (Å²) in [7, 11) is 1.50. The molecule has 0 spiro atoms. The highest BCUT2D eigenvalue weighted by atomic mass is 16.5. The molecule has 1 aromatic rings. The molecule has 0 saturated heterocycles. The first-order valence-corrected chi connectivity index (χ1v) is 4.48. The molecule has 0 fully saturated rings. The summed E-state index contributed by atoms with van der Waals surface area (Å²) in [5, 5.41) is 9.42. The van der Waals surface area contributed by atoms with Crippen LogP contribution in [0.3, 0.4) is 0 Å². The SMILES string of the molecule is COc1ccc(OCCCN)cc1O. The molecule has 0 bridgehead atoms. The van der Waals surface area contributed by atoms with Gasteiger partial charge in [-0.15, -0.1) is 0 Å². The molecule has 0 aliphatic heterocycles.